The molecule has 0 amide bonds. The largest absolute Gasteiger partial charge is 0.329 e. The summed E-state index contributed by atoms with van der Waals surface area (Å²) in [5.41, 5.74) is 8.52. The van der Waals surface area contributed by atoms with Crippen LogP contribution in [0.3, 0.4) is 0 Å². The molecule has 5 heteroatoms. The molecular weight excluding hydrogens is 430 g/mol. The summed E-state index contributed by atoms with van der Waals surface area (Å²) in [5.74, 6) is 0. The summed E-state index contributed by atoms with van der Waals surface area (Å²) < 4.78 is 2.18. The fourth-order valence-electron chi connectivity index (χ4n) is 4.83. The van der Waals surface area contributed by atoms with Crippen molar-refractivity contribution < 1.29 is 0 Å². The van der Waals surface area contributed by atoms with Gasteiger partial charge in [0.1, 0.15) is 0 Å². The summed E-state index contributed by atoms with van der Waals surface area (Å²) >= 11 is 0. The zero-order chi connectivity index (χ0) is 24.0. The van der Waals surface area contributed by atoms with Crippen molar-refractivity contribution in [2.75, 3.05) is 6.54 Å². The van der Waals surface area contributed by atoms with Crippen molar-refractivity contribution in [3.63, 3.8) is 0 Å². The van der Waals surface area contributed by atoms with Gasteiger partial charge in [-0.1, -0.05) is 66.2 Å². The highest BCUT2D eigenvalue weighted by molar-refractivity contribution is 5.32. The highest BCUT2D eigenvalue weighted by atomic mass is 15.2. The van der Waals surface area contributed by atoms with Crippen molar-refractivity contribution in [2.45, 2.75) is 45.6 Å². The van der Waals surface area contributed by atoms with E-state index in [1.807, 2.05) is 36.8 Å². The maximum Gasteiger partial charge on any atom is 0.0991 e. The number of fused-ring (bicyclic) bond motifs is 1. The van der Waals surface area contributed by atoms with Gasteiger partial charge in [0.2, 0.25) is 0 Å². The lowest BCUT2D eigenvalue weighted by Crippen LogP contribution is -2.40. The second-order valence-electron chi connectivity index (χ2n) is 9.53. The lowest BCUT2D eigenvalue weighted by atomic mass is 10.0. The summed E-state index contributed by atoms with van der Waals surface area (Å²) in [6, 6.07) is 28.0. The lowest BCUT2D eigenvalue weighted by Gasteiger charge is -2.25. The zero-order valence-corrected chi connectivity index (χ0v) is 20.2. The van der Waals surface area contributed by atoms with Crippen molar-refractivity contribution in [3.05, 3.63) is 124 Å². The lowest BCUT2D eigenvalue weighted by molar-refractivity contribution is 0.232. The average molecular weight is 462 g/mol. The molecule has 0 fully saturated rings. The van der Waals surface area contributed by atoms with Crippen LogP contribution in [0.1, 0.15) is 39.1 Å². The van der Waals surface area contributed by atoms with E-state index >= 15 is 0 Å². The smallest absolute Gasteiger partial charge is 0.0991 e. The molecule has 0 spiro atoms. The third kappa shape index (κ3) is 5.86. The summed E-state index contributed by atoms with van der Waals surface area (Å²) in [6.45, 7) is 6.56. The predicted octanol–water partition coefficient (Wildman–Crippen LogP) is 4.83. The number of nitrogens with one attached hydrogen (secondary N) is 1. The Morgan fingerprint density at radius 2 is 1.66 bits per heavy atom. The van der Waals surface area contributed by atoms with Crippen LogP contribution in [0.4, 0.5) is 0 Å². The average Bonchev–Trinajstić information content (AvgIpc) is 3.23. The molecule has 1 N–H and O–H groups in total. The maximum atomic E-state index is 9.04. The number of benzene rings is 3. The van der Waals surface area contributed by atoms with Gasteiger partial charge in [-0.25, -0.2) is 4.98 Å². The van der Waals surface area contributed by atoms with E-state index in [2.05, 4.69) is 81.3 Å². The van der Waals surface area contributed by atoms with Crippen LogP contribution in [0, 0.1) is 18.3 Å². The van der Waals surface area contributed by atoms with E-state index in [1.54, 1.807) is 0 Å². The van der Waals surface area contributed by atoms with E-state index in [-0.39, 0.29) is 0 Å². The Balaban J connectivity index is 1.28. The van der Waals surface area contributed by atoms with Crippen LogP contribution in [0.15, 0.2) is 85.3 Å². The Morgan fingerprint density at radius 3 is 2.43 bits per heavy atom. The number of aryl methyl sites for hydroxylation is 1. The Hall–Kier alpha value is -3.72. The number of nitriles is 1. The monoisotopic (exact) mass is 461 g/mol. The molecule has 0 saturated carbocycles. The molecule has 0 saturated heterocycles. The van der Waals surface area contributed by atoms with Gasteiger partial charge in [-0.3, -0.25) is 4.90 Å². The van der Waals surface area contributed by atoms with Gasteiger partial charge >= 0.3 is 0 Å². The van der Waals surface area contributed by atoms with Gasteiger partial charge in [-0.15, -0.1) is 0 Å². The van der Waals surface area contributed by atoms with E-state index in [4.69, 9.17) is 5.26 Å². The van der Waals surface area contributed by atoms with Crippen molar-refractivity contribution in [3.8, 4) is 6.07 Å². The quantitative estimate of drug-likeness (QED) is 0.428. The van der Waals surface area contributed by atoms with E-state index in [9.17, 15) is 0 Å². The van der Waals surface area contributed by atoms with Gasteiger partial charge in [0.05, 0.1) is 23.7 Å². The molecule has 35 heavy (non-hydrogen) atoms. The maximum absolute atomic E-state index is 9.04. The molecule has 1 unspecified atom stereocenters. The number of nitrogens with zero attached hydrogens (tertiary/aromatic N) is 4. The van der Waals surface area contributed by atoms with Crippen LogP contribution in [0.25, 0.3) is 0 Å². The summed E-state index contributed by atoms with van der Waals surface area (Å²) in [6.07, 6.45) is 4.86. The van der Waals surface area contributed by atoms with Crippen molar-refractivity contribution in [1.29, 1.82) is 5.26 Å². The molecule has 2 heterocycles. The first-order valence-corrected chi connectivity index (χ1v) is 12.2. The second kappa shape index (κ2) is 10.7. The molecule has 4 aromatic rings. The van der Waals surface area contributed by atoms with Crippen molar-refractivity contribution in [2.24, 2.45) is 0 Å². The highest BCUT2D eigenvalue weighted by Gasteiger charge is 2.22. The third-order valence-electron chi connectivity index (χ3n) is 6.79. The van der Waals surface area contributed by atoms with Crippen LogP contribution in [0.2, 0.25) is 0 Å². The normalized spacial score (nSPS) is 15.8. The van der Waals surface area contributed by atoms with Gasteiger partial charge in [0.25, 0.3) is 0 Å². The molecule has 176 valence electrons. The molecule has 1 aliphatic rings. The molecule has 1 aliphatic heterocycles. The van der Waals surface area contributed by atoms with Crippen LogP contribution >= 0.6 is 0 Å². The Kier molecular flexibility index (Phi) is 7.04. The van der Waals surface area contributed by atoms with E-state index in [0.717, 1.165) is 50.4 Å². The van der Waals surface area contributed by atoms with Gasteiger partial charge in [0, 0.05) is 45.0 Å². The first kappa shape index (κ1) is 23.0. The number of imidazole rings is 1. The van der Waals surface area contributed by atoms with Crippen LogP contribution < -0.4 is 5.32 Å². The fourth-order valence-corrected chi connectivity index (χ4v) is 4.83. The molecule has 0 radical (unpaired) electrons. The predicted molar refractivity (Wildman–Crippen MR) is 139 cm³/mol. The SMILES string of the molecule is Cc1ccc(CN2Cc3ccccc3CC(NCc3cncn3Cc3ccc(C#N)cc3)C2)cc1. The number of aromatic nitrogens is 2. The Morgan fingerprint density at radius 1 is 0.943 bits per heavy atom. The van der Waals surface area contributed by atoms with Gasteiger partial charge < -0.3 is 9.88 Å². The fraction of sp³-hybridized carbons (Fsp3) is 0.267. The minimum absolute atomic E-state index is 0.349. The first-order valence-electron chi connectivity index (χ1n) is 12.2. The third-order valence-corrected chi connectivity index (χ3v) is 6.79. The number of hydrogen-bond donors (Lipinski definition) is 1. The van der Waals surface area contributed by atoms with Crippen molar-refractivity contribution >= 4 is 0 Å². The van der Waals surface area contributed by atoms with Crippen molar-refractivity contribution in [1.82, 2.24) is 19.8 Å². The van der Waals surface area contributed by atoms with Crippen LogP contribution in [0.5, 0.6) is 0 Å². The molecule has 1 atom stereocenters. The Labute approximate surface area is 207 Å². The first-order chi connectivity index (χ1) is 17.2. The van der Waals surface area contributed by atoms with E-state index in [0.29, 0.717) is 11.6 Å². The molecular formula is C30H31N5. The summed E-state index contributed by atoms with van der Waals surface area (Å²) in [5, 5.41) is 12.9. The van der Waals surface area contributed by atoms with Crippen LogP contribution in [-0.4, -0.2) is 27.0 Å². The molecule has 1 aromatic heterocycles. The molecule has 0 aliphatic carbocycles. The van der Waals surface area contributed by atoms with Gasteiger partial charge in [-0.2, -0.15) is 5.26 Å². The zero-order valence-electron chi connectivity index (χ0n) is 20.2. The minimum atomic E-state index is 0.349. The van der Waals surface area contributed by atoms with Gasteiger partial charge in [-0.05, 0) is 47.7 Å². The van der Waals surface area contributed by atoms with Crippen LogP contribution in [-0.2, 0) is 32.6 Å². The topological polar surface area (TPSA) is 56.9 Å². The molecule has 5 nitrogen and oxygen atoms in total. The molecule has 0 bridgehead atoms. The molecule has 3 aromatic carbocycles. The van der Waals surface area contributed by atoms with E-state index < -0.39 is 0 Å². The second-order valence-corrected chi connectivity index (χ2v) is 9.53. The number of hydrogen-bond acceptors (Lipinski definition) is 4. The Bertz CT molecular complexity index is 1300. The minimum Gasteiger partial charge on any atom is -0.329 e. The van der Waals surface area contributed by atoms with E-state index in [1.165, 1.54) is 22.3 Å². The standard InChI is InChI=1S/C30H31N5/c1-23-6-8-25(9-7-23)18-34-20-28-5-3-2-4-27(28)14-29(21-34)33-17-30-16-32-22-35(30)19-26-12-10-24(15-31)11-13-26/h2-13,16,22,29,33H,14,17-21H2,1H3. The molecule has 5 rings (SSSR count). The summed E-state index contributed by atoms with van der Waals surface area (Å²) in [4.78, 5) is 6.97. The summed E-state index contributed by atoms with van der Waals surface area (Å²) in [7, 11) is 0. The highest BCUT2D eigenvalue weighted by Crippen LogP contribution is 2.21. The number of rotatable bonds is 7. The van der Waals surface area contributed by atoms with Gasteiger partial charge in [0.15, 0.2) is 0 Å².